The van der Waals surface area contributed by atoms with Gasteiger partial charge in [0.1, 0.15) is 5.78 Å². The van der Waals surface area contributed by atoms with Crippen molar-refractivity contribution in [1.29, 1.82) is 0 Å². The van der Waals surface area contributed by atoms with Crippen molar-refractivity contribution < 1.29 is 23.9 Å². The van der Waals surface area contributed by atoms with E-state index in [1.807, 2.05) is 37.3 Å². The van der Waals surface area contributed by atoms with Crippen LogP contribution in [0.25, 0.3) is 0 Å². The zero-order valence-corrected chi connectivity index (χ0v) is 16.8. The van der Waals surface area contributed by atoms with Crippen LogP contribution >= 0.6 is 0 Å². The first kappa shape index (κ1) is 20.3. The van der Waals surface area contributed by atoms with Crippen molar-refractivity contribution in [3.63, 3.8) is 0 Å². The number of allylic oxidation sites excluding steroid dienone is 1. The lowest BCUT2D eigenvalue weighted by Gasteiger charge is -2.50. The van der Waals surface area contributed by atoms with Crippen LogP contribution in [0.2, 0.25) is 0 Å². The van der Waals surface area contributed by atoms with Gasteiger partial charge in [-0.15, -0.1) is 6.58 Å². The third-order valence-corrected chi connectivity index (χ3v) is 6.12. The molecule has 1 saturated heterocycles. The van der Waals surface area contributed by atoms with E-state index in [2.05, 4.69) is 6.58 Å². The standard InChI is InChI=1S/C23H28O5/c1-5-14-23(19(25)27-21(2,3)28-20(23)26)18(16-11-7-6-8-12-16)22(4)15-10-9-13-17(22)24/h5-8,11-12,18H,1,9-10,13-15H2,2-4H3/t18-,22-/m0/s1. The highest BCUT2D eigenvalue weighted by molar-refractivity contribution is 6.04. The van der Waals surface area contributed by atoms with Gasteiger partial charge in [0.15, 0.2) is 5.41 Å². The largest absolute Gasteiger partial charge is 0.422 e. The fraction of sp³-hybridized carbons (Fsp3) is 0.522. The predicted octanol–water partition coefficient (Wildman–Crippen LogP) is 4.32. The lowest BCUT2D eigenvalue weighted by molar-refractivity contribution is -0.255. The summed E-state index contributed by atoms with van der Waals surface area (Å²) >= 11 is 0. The van der Waals surface area contributed by atoms with Gasteiger partial charge in [-0.2, -0.15) is 0 Å². The molecule has 2 aliphatic rings. The van der Waals surface area contributed by atoms with E-state index in [0.717, 1.165) is 18.4 Å². The third-order valence-electron chi connectivity index (χ3n) is 6.12. The van der Waals surface area contributed by atoms with Crippen LogP contribution in [-0.2, 0) is 23.9 Å². The Morgan fingerprint density at radius 3 is 2.18 bits per heavy atom. The highest BCUT2D eigenvalue weighted by Gasteiger charge is 2.65. The first-order chi connectivity index (χ1) is 13.2. The predicted molar refractivity (Wildman–Crippen MR) is 104 cm³/mol. The Morgan fingerprint density at radius 2 is 1.64 bits per heavy atom. The van der Waals surface area contributed by atoms with E-state index in [1.165, 1.54) is 19.9 Å². The van der Waals surface area contributed by atoms with Crippen LogP contribution in [0.1, 0.15) is 64.4 Å². The summed E-state index contributed by atoms with van der Waals surface area (Å²) in [5.74, 6) is -3.26. The quantitative estimate of drug-likeness (QED) is 0.430. The maximum absolute atomic E-state index is 13.4. The molecule has 0 N–H and O–H groups in total. The zero-order chi connectivity index (χ0) is 20.6. The topological polar surface area (TPSA) is 69.7 Å². The van der Waals surface area contributed by atoms with Gasteiger partial charge in [-0.05, 0) is 24.8 Å². The van der Waals surface area contributed by atoms with Gasteiger partial charge in [-0.1, -0.05) is 49.8 Å². The number of carbonyl (C=O) groups is 3. The molecule has 0 amide bonds. The van der Waals surface area contributed by atoms with Gasteiger partial charge in [0.25, 0.3) is 5.79 Å². The van der Waals surface area contributed by atoms with Gasteiger partial charge in [0.2, 0.25) is 0 Å². The number of carbonyl (C=O) groups excluding carboxylic acids is 3. The van der Waals surface area contributed by atoms with Crippen molar-refractivity contribution >= 4 is 17.7 Å². The fourth-order valence-corrected chi connectivity index (χ4v) is 4.83. The lowest BCUT2D eigenvalue weighted by atomic mass is 9.54. The molecule has 5 heteroatoms. The minimum Gasteiger partial charge on any atom is -0.422 e. The molecule has 0 aromatic heterocycles. The summed E-state index contributed by atoms with van der Waals surface area (Å²) in [4.78, 5) is 39.8. The molecule has 1 heterocycles. The molecule has 150 valence electrons. The molecule has 28 heavy (non-hydrogen) atoms. The van der Waals surface area contributed by atoms with Gasteiger partial charge >= 0.3 is 11.9 Å². The monoisotopic (exact) mass is 384 g/mol. The summed E-state index contributed by atoms with van der Waals surface area (Å²) in [6.45, 7) is 8.71. The van der Waals surface area contributed by atoms with Gasteiger partial charge in [0, 0.05) is 31.6 Å². The Balaban J connectivity index is 2.25. The number of esters is 2. The Morgan fingerprint density at radius 1 is 1.04 bits per heavy atom. The molecule has 5 nitrogen and oxygen atoms in total. The minimum atomic E-state index is -1.64. The average molecular weight is 384 g/mol. The van der Waals surface area contributed by atoms with Crippen LogP contribution in [0.4, 0.5) is 0 Å². The second-order valence-corrected chi connectivity index (χ2v) is 8.53. The van der Waals surface area contributed by atoms with Crippen molar-refractivity contribution in [3.05, 3.63) is 48.6 Å². The summed E-state index contributed by atoms with van der Waals surface area (Å²) in [7, 11) is 0. The van der Waals surface area contributed by atoms with Crippen molar-refractivity contribution in [2.45, 2.75) is 64.6 Å². The Hall–Kier alpha value is -2.43. The number of Topliss-reactive ketones (excluding diaryl/α,β-unsaturated/α-hetero) is 1. The smallest absolute Gasteiger partial charge is 0.327 e. The molecule has 3 rings (SSSR count). The molecular formula is C23H28O5. The molecule has 1 aromatic carbocycles. The molecule has 2 atom stereocenters. The highest BCUT2D eigenvalue weighted by atomic mass is 16.7. The fourth-order valence-electron chi connectivity index (χ4n) is 4.83. The summed E-state index contributed by atoms with van der Waals surface area (Å²) < 4.78 is 11.1. The number of ketones is 1. The molecular weight excluding hydrogens is 356 g/mol. The molecule has 1 aliphatic heterocycles. The van der Waals surface area contributed by atoms with Crippen molar-refractivity contribution in [2.24, 2.45) is 10.8 Å². The number of hydrogen-bond acceptors (Lipinski definition) is 5. The minimum absolute atomic E-state index is 0.0448. The van der Waals surface area contributed by atoms with Crippen molar-refractivity contribution in [1.82, 2.24) is 0 Å². The highest BCUT2D eigenvalue weighted by Crippen LogP contribution is 2.57. The average Bonchev–Trinajstić information content (AvgIpc) is 2.62. The van der Waals surface area contributed by atoms with E-state index in [9.17, 15) is 14.4 Å². The third kappa shape index (κ3) is 3.17. The molecule has 0 bridgehead atoms. The van der Waals surface area contributed by atoms with Crippen LogP contribution in [0, 0.1) is 10.8 Å². The lowest BCUT2D eigenvalue weighted by Crippen LogP contribution is -2.60. The molecule has 0 unspecified atom stereocenters. The molecule has 1 aliphatic carbocycles. The summed E-state index contributed by atoms with van der Waals surface area (Å²) in [6, 6.07) is 9.30. The molecule has 1 saturated carbocycles. The van der Waals surface area contributed by atoms with Gasteiger partial charge < -0.3 is 9.47 Å². The summed E-state index contributed by atoms with van der Waals surface area (Å²) in [6.07, 6.45) is 4.32. The summed E-state index contributed by atoms with van der Waals surface area (Å²) in [5, 5.41) is 0. The van der Waals surface area contributed by atoms with Crippen LogP contribution in [-0.4, -0.2) is 23.5 Å². The SMILES string of the molecule is C=CCC1([C@@H](c2ccccc2)[C@@]2(C)CCCCC2=O)C(=O)OC(C)(C)OC1=O. The number of ether oxygens (including phenoxy) is 2. The van der Waals surface area contributed by atoms with Gasteiger partial charge in [-0.25, -0.2) is 0 Å². The van der Waals surface area contributed by atoms with Gasteiger partial charge in [0.05, 0.1) is 0 Å². The maximum Gasteiger partial charge on any atom is 0.327 e. The normalized spacial score (nSPS) is 27.5. The molecule has 2 fully saturated rings. The van der Waals surface area contributed by atoms with E-state index in [-0.39, 0.29) is 12.2 Å². The molecule has 1 aromatic rings. The van der Waals surface area contributed by atoms with Crippen LogP contribution in [0.15, 0.2) is 43.0 Å². The van der Waals surface area contributed by atoms with E-state index >= 15 is 0 Å². The van der Waals surface area contributed by atoms with E-state index < -0.39 is 34.5 Å². The Bertz CT molecular complexity index is 774. The first-order valence-electron chi connectivity index (χ1n) is 9.83. The number of benzene rings is 1. The first-order valence-corrected chi connectivity index (χ1v) is 9.83. The maximum atomic E-state index is 13.4. The van der Waals surface area contributed by atoms with E-state index in [1.54, 1.807) is 0 Å². The van der Waals surface area contributed by atoms with Crippen molar-refractivity contribution in [3.8, 4) is 0 Å². The zero-order valence-electron chi connectivity index (χ0n) is 16.8. The second-order valence-electron chi connectivity index (χ2n) is 8.53. The Labute approximate surface area is 166 Å². The molecule has 0 radical (unpaired) electrons. The molecule has 0 spiro atoms. The van der Waals surface area contributed by atoms with Crippen LogP contribution in [0.5, 0.6) is 0 Å². The van der Waals surface area contributed by atoms with E-state index in [0.29, 0.717) is 12.8 Å². The van der Waals surface area contributed by atoms with Crippen molar-refractivity contribution in [2.75, 3.05) is 0 Å². The number of hydrogen-bond donors (Lipinski definition) is 0. The summed E-state index contributed by atoms with van der Waals surface area (Å²) in [5.41, 5.74) is -1.75. The Kier molecular flexibility index (Phi) is 5.22. The van der Waals surface area contributed by atoms with Crippen LogP contribution < -0.4 is 0 Å². The van der Waals surface area contributed by atoms with Crippen LogP contribution in [0.3, 0.4) is 0 Å². The second kappa shape index (κ2) is 7.19. The number of cyclic esters (lactones) is 2. The van der Waals surface area contributed by atoms with Gasteiger partial charge in [-0.3, -0.25) is 14.4 Å². The number of rotatable bonds is 5. The van der Waals surface area contributed by atoms with E-state index in [4.69, 9.17) is 9.47 Å².